The van der Waals surface area contributed by atoms with Crippen LogP contribution in [0.5, 0.6) is 0 Å². The molecular formula is C13H37N5. The van der Waals surface area contributed by atoms with Crippen LogP contribution in [0.4, 0.5) is 0 Å². The van der Waals surface area contributed by atoms with Crippen LogP contribution >= 0.6 is 0 Å². The molecular weight excluding hydrogens is 226 g/mol. The van der Waals surface area contributed by atoms with Crippen LogP contribution in [0.25, 0.3) is 0 Å². The molecule has 0 aromatic heterocycles. The van der Waals surface area contributed by atoms with E-state index >= 15 is 0 Å². The highest BCUT2D eigenvalue weighted by atomic mass is 15.3. The van der Waals surface area contributed by atoms with Crippen molar-refractivity contribution in [2.45, 2.75) is 46.5 Å². The average Bonchev–Trinajstić information content (AvgIpc) is 2.43. The molecule has 1 atom stereocenters. The van der Waals surface area contributed by atoms with Crippen molar-refractivity contribution >= 4 is 0 Å². The third kappa shape index (κ3) is 36.0. The normalized spacial score (nSPS) is 10.8. The Morgan fingerprint density at radius 1 is 1.00 bits per heavy atom. The maximum absolute atomic E-state index is 5.37. The van der Waals surface area contributed by atoms with Gasteiger partial charge in [-0.25, -0.2) is 0 Å². The summed E-state index contributed by atoms with van der Waals surface area (Å²) in [6.45, 7) is 9.79. The number of hydrazine groups is 1. The van der Waals surface area contributed by atoms with Gasteiger partial charge in [-0.15, -0.1) is 0 Å². The molecule has 18 heavy (non-hydrogen) atoms. The lowest BCUT2D eigenvalue weighted by Gasteiger charge is -2.04. The molecule has 0 radical (unpaired) electrons. The van der Waals surface area contributed by atoms with Crippen LogP contribution in [0.2, 0.25) is 0 Å². The van der Waals surface area contributed by atoms with Gasteiger partial charge in [-0.1, -0.05) is 20.8 Å². The second-order valence-corrected chi connectivity index (χ2v) is 4.24. The first kappa shape index (κ1) is 22.9. The Labute approximate surface area is 114 Å². The van der Waals surface area contributed by atoms with Gasteiger partial charge in [0.15, 0.2) is 0 Å². The Balaban J connectivity index is -0.000000200. The van der Waals surface area contributed by atoms with E-state index in [9.17, 15) is 0 Å². The number of nitrogens with two attached hydrogens (primary N) is 3. The molecule has 0 spiro atoms. The van der Waals surface area contributed by atoms with Crippen molar-refractivity contribution in [3.8, 4) is 0 Å². The molecule has 0 bridgehead atoms. The summed E-state index contributed by atoms with van der Waals surface area (Å²) in [5.74, 6) is 0.651. The molecule has 1 unspecified atom stereocenters. The molecule has 0 aromatic carbocycles. The molecule has 5 nitrogen and oxygen atoms in total. The van der Waals surface area contributed by atoms with Crippen LogP contribution in [-0.4, -0.2) is 33.2 Å². The minimum Gasteiger partial charge on any atom is -0.330 e. The predicted molar refractivity (Wildman–Crippen MR) is 83.2 cm³/mol. The quantitative estimate of drug-likeness (QED) is 0.329. The second-order valence-electron chi connectivity index (χ2n) is 4.24. The molecule has 114 valence electrons. The molecule has 0 aliphatic heterocycles. The Bertz CT molecular complexity index is 106. The van der Waals surface area contributed by atoms with E-state index in [2.05, 4.69) is 31.6 Å². The average molecular weight is 263 g/mol. The van der Waals surface area contributed by atoms with Crippen LogP contribution < -0.4 is 28.1 Å². The van der Waals surface area contributed by atoms with Crippen molar-refractivity contribution in [3.63, 3.8) is 0 Å². The summed E-state index contributed by atoms with van der Waals surface area (Å²) >= 11 is 0. The Morgan fingerprint density at radius 2 is 1.56 bits per heavy atom. The summed E-state index contributed by atoms with van der Waals surface area (Å²) < 4.78 is 0. The lowest BCUT2D eigenvalue weighted by molar-refractivity contribution is 0.525. The number of hydrogen-bond donors (Lipinski definition) is 5. The highest BCUT2D eigenvalue weighted by Crippen LogP contribution is 2.00. The first-order valence-corrected chi connectivity index (χ1v) is 7.14. The summed E-state index contributed by atoms with van der Waals surface area (Å²) in [7, 11) is 1.87. The topological polar surface area (TPSA) is 102 Å². The van der Waals surface area contributed by atoms with E-state index in [4.69, 9.17) is 17.2 Å². The second kappa shape index (κ2) is 25.6. The standard InChI is InChI=1S/C6H16N2.C4H12N2.C3H9N/c1-6(5-8)3-2-4-7;1-3-4-6-5-2;1-2-3-4/h6H,2-5,7-8H2,1H3;5-6H,3-4H2,1-2H3;2-4H2,1H3. The van der Waals surface area contributed by atoms with Crippen LogP contribution in [0.1, 0.15) is 46.5 Å². The molecule has 8 N–H and O–H groups in total. The zero-order valence-electron chi connectivity index (χ0n) is 13.0. The van der Waals surface area contributed by atoms with Crippen molar-refractivity contribution < 1.29 is 0 Å². The molecule has 0 rings (SSSR count). The maximum atomic E-state index is 5.37. The maximum Gasteiger partial charge on any atom is 0.00970 e. The van der Waals surface area contributed by atoms with Crippen molar-refractivity contribution in [1.29, 1.82) is 0 Å². The van der Waals surface area contributed by atoms with E-state index in [0.29, 0.717) is 5.92 Å². The molecule has 0 saturated carbocycles. The highest BCUT2D eigenvalue weighted by Gasteiger charge is 1.95. The van der Waals surface area contributed by atoms with E-state index in [1.54, 1.807) is 0 Å². The first-order chi connectivity index (χ1) is 8.64. The van der Waals surface area contributed by atoms with E-state index in [1.165, 1.54) is 12.8 Å². The lowest BCUT2D eigenvalue weighted by atomic mass is 10.1. The fourth-order valence-electron chi connectivity index (χ4n) is 0.834. The van der Waals surface area contributed by atoms with Crippen molar-refractivity contribution in [3.05, 3.63) is 0 Å². The van der Waals surface area contributed by atoms with E-state index < -0.39 is 0 Å². The van der Waals surface area contributed by atoms with Crippen molar-refractivity contribution in [1.82, 2.24) is 10.9 Å². The van der Waals surface area contributed by atoms with Crippen LogP contribution in [0, 0.1) is 5.92 Å². The zero-order valence-corrected chi connectivity index (χ0v) is 13.0. The molecule has 0 saturated heterocycles. The Hall–Kier alpha value is -0.200. The number of nitrogens with one attached hydrogen (secondary N) is 2. The van der Waals surface area contributed by atoms with Gasteiger partial charge in [0.1, 0.15) is 0 Å². The summed E-state index contributed by atoms with van der Waals surface area (Å²) in [4.78, 5) is 0. The van der Waals surface area contributed by atoms with Crippen LogP contribution in [0.3, 0.4) is 0 Å². The monoisotopic (exact) mass is 263 g/mol. The van der Waals surface area contributed by atoms with Crippen molar-refractivity contribution in [2.24, 2.45) is 23.1 Å². The van der Waals surface area contributed by atoms with Gasteiger partial charge in [0.25, 0.3) is 0 Å². The number of rotatable bonds is 8. The van der Waals surface area contributed by atoms with Crippen LogP contribution in [-0.2, 0) is 0 Å². The van der Waals surface area contributed by atoms with Crippen LogP contribution in [0.15, 0.2) is 0 Å². The zero-order chi connectivity index (χ0) is 14.6. The molecule has 0 amide bonds. The summed E-state index contributed by atoms with van der Waals surface area (Å²) in [6.07, 6.45) is 4.56. The van der Waals surface area contributed by atoms with Gasteiger partial charge >= 0.3 is 0 Å². The largest absolute Gasteiger partial charge is 0.330 e. The van der Waals surface area contributed by atoms with Gasteiger partial charge in [-0.05, 0) is 58.3 Å². The number of hydrogen-bond acceptors (Lipinski definition) is 5. The fourth-order valence-corrected chi connectivity index (χ4v) is 0.834. The smallest absolute Gasteiger partial charge is 0.00970 e. The fraction of sp³-hybridized carbons (Fsp3) is 1.00. The Morgan fingerprint density at radius 3 is 1.78 bits per heavy atom. The predicted octanol–water partition coefficient (Wildman–Crippen LogP) is 0.796. The molecule has 0 aliphatic rings. The van der Waals surface area contributed by atoms with Gasteiger partial charge < -0.3 is 17.2 Å². The summed E-state index contributed by atoms with van der Waals surface area (Å²) in [5.41, 5.74) is 21.5. The van der Waals surface area contributed by atoms with E-state index in [0.717, 1.165) is 39.0 Å². The van der Waals surface area contributed by atoms with Gasteiger partial charge in [0, 0.05) is 6.54 Å². The highest BCUT2D eigenvalue weighted by molar-refractivity contribution is 4.52. The molecule has 0 heterocycles. The van der Waals surface area contributed by atoms with Gasteiger partial charge in [0.2, 0.25) is 0 Å². The lowest BCUT2D eigenvalue weighted by Crippen LogP contribution is -2.27. The minimum absolute atomic E-state index is 0.651. The minimum atomic E-state index is 0.651. The summed E-state index contributed by atoms with van der Waals surface area (Å²) in [5, 5.41) is 0. The summed E-state index contributed by atoms with van der Waals surface area (Å²) in [6, 6.07) is 0. The van der Waals surface area contributed by atoms with Gasteiger partial charge in [-0.2, -0.15) is 0 Å². The molecule has 5 heteroatoms. The van der Waals surface area contributed by atoms with E-state index in [1.807, 2.05) is 7.05 Å². The van der Waals surface area contributed by atoms with E-state index in [-0.39, 0.29) is 0 Å². The third-order valence-corrected chi connectivity index (χ3v) is 2.14. The molecule has 0 aromatic rings. The Kier molecular flexibility index (Phi) is 32.6. The molecule has 0 fully saturated rings. The molecule has 0 aliphatic carbocycles. The third-order valence-electron chi connectivity index (χ3n) is 2.14. The van der Waals surface area contributed by atoms with Gasteiger partial charge in [-0.3, -0.25) is 10.9 Å². The first-order valence-electron chi connectivity index (χ1n) is 7.14. The SMILES string of the molecule is CC(CN)CCCN.CCCN.CCCNNC. The van der Waals surface area contributed by atoms with Gasteiger partial charge in [0.05, 0.1) is 0 Å². The van der Waals surface area contributed by atoms with Crippen molar-refractivity contribution in [2.75, 3.05) is 33.2 Å².